The first kappa shape index (κ1) is 19.0. The van der Waals surface area contributed by atoms with Crippen molar-refractivity contribution in [2.45, 2.75) is 12.4 Å². The molecule has 2 aromatic heterocycles. The molecule has 0 amide bonds. The van der Waals surface area contributed by atoms with Gasteiger partial charge in [0.15, 0.2) is 11.3 Å². The van der Waals surface area contributed by atoms with E-state index >= 15 is 0 Å². The van der Waals surface area contributed by atoms with Crippen molar-refractivity contribution in [3.8, 4) is 11.3 Å². The third-order valence-electron chi connectivity index (χ3n) is 3.56. The molecular weight excluding hydrogens is 404 g/mol. The summed E-state index contributed by atoms with van der Waals surface area (Å²) in [6.45, 7) is 0. The summed E-state index contributed by atoms with van der Waals surface area (Å²) in [6.07, 6.45) is -8.97. The first-order valence-corrected chi connectivity index (χ1v) is 7.34. The van der Waals surface area contributed by atoms with E-state index in [1.54, 1.807) is 0 Å². The number of carbonyl (C=O) groups is 1. The van der Waals surface area contributed by atoms with Crippen LogP contribution in [0.25, 0.3) is 16.9 Å². The van der Waals surface area contributed by atoms with E-state index in [9.17, 15) is 31.1 Å². The molecule has 0 bridgehead atoms. The molecule has 0 spiro atoms. The fraction of sp³-hybridized carbons (Fsp3) is 0.133. The predicted molar refractivity (Wildman–Crippen MR) is 80.4 cm³/mol. The first-order valence-electron chi connectivity index (χ1n) is 6.96. The van der Waals surface area contributed by atoms with Crippen LogP contribution < -0.4 is 0 Å². The number of aromatic nitrogens is 3. The molecule has 27 heavy (non-hydrogen) atoms. The highest BCUT2D eigenvalue weighted by atomic mass is 35.5. The van der Waals surface area contributed by atoms with E-state index in [0.29, 0.717) is 22.8 Å². The summed E-state index contributed by atoms with van der Waals surface area (Å²) in [5.41, 5.74) is -4.28. The van der Waals surface area contributed by atoms with Crippen LogP contribution in [-0.4, -0.2) is 25.7 Å². The quantitative estimate of drug-likeness (QED) is 0.618. The van der Waals surface area contributed by atoms with Crippen LogP contribution in [-0.2, 0) is 12.4 Å². The second-order valence-corrected chi connectivity index (χ2v) is 5.72. The largest absolute Gasteiger partial charge is 0.477 e. The van der Waals surface area contributed by atoms with Crippen molar-refractivity contribution in [1.29, 1.82) is 0 Å². The number of aromatic carboxylic acids is 1. The predicted octanol–water partition coefficient (Wildman–Crippen LogP) is 4.79. The molecule has 0 fully saturated rings. The van der Waals surface area contributed by atoms with Crippen molar-refractivity contribution in [2.24, 2.45) is 0 Å². The first-order chi connectivity index (χ1) is 12.4. The van der Waals surface area contributed by atoms with Gasteiger partial charge in [-0.15, -0.1) is 0 Å². The summed E-state index contributed by atoms with van der Waals surface area (Å²) in [4.78, 5) is 15.0. The Bertz CT molecular complexity index is 1060. The molecule has 0 saturated heterocycles. The highest BCUT2D eigenvalue weighted by Crippen LogP contribution is 2.38. The fourth-order valence-corrected chi connectivity index (χ4v) is 2.66. The van der Waals surface area contributed by atoms with Gasteiger partial charge in [-0.2, -0.15) is 31.4 Å². The van der Waals surface area contributed by atoms with E-state index in [0.717, 1.165) is 12.1 Å². The van der Waals surface area contributed by atoms with Crippen LogP contribution in [0.5, 0.6) is 0 Å². The molecule has 1 N–H and O–H groups in total. The lowest BCUT2D eigenvalue weighted by Crippen LogP contribution is -2.14. The molecular formula is C15H6ClF6N3O2. The summed E-state index contributed by atoms with van der Waals surface area (Å²) >= 11 is 5.59. The van der Waals surface area contributed by atoms with E-state index in [1.807, 2.05) is 0 Å². The summed E-state index contributed by atoms with van der Waals surface area (Å²) in [5, 5.41) is 11.7. The van der Waals surface area contributed by atoms with Gasteiger partial charge in [0.25, 0.3) is 0 Å². The monoisotopic (exact) mass is 409 g/mol. The van der Waals surface area contributed by atoms with Crippen LogP contribution in [0.4, 0.5) is 26.3 Å². The van der Waals surface area contributed by atoms with Gasteiger partial charge in [-0.25, -0.2) is 14.3 Å². The standard InChI is InChI=1S/C15H6ClF6N3O2/c16-9-3-6(1-2-8(9)14(17,18)19)10-4-11(15(20,21)22)25-12(24-10)7(5-23-25)13(26)27/h1-5H,(H,26,27). The van der Waals surface area contributed by atoms with Gasteiger partial charge in [-0.05, 0) is 18.2 Å². The highest BCUT2D eigenvalue weighted by Gasteiger charge is 2.36. The molecule has 0 aliphatic rings. The molecule has 3 rings (SSSR count). The Kier molecular flexibility index (Phi) is 4.29. The molecule has 12 heteroatoms. The number of halogens is 7. The lowest BCUT2D eigenvalue weighted by atomic mass is 10.1. The van der Waals surface area contributed by atoms with Crippen molar-refractivity contribution in [1.82, 2.24) is 14.6 Å². The molecule has 0 atom stereocenters. The molecule has 0 saturated carbocycles. The van der Waals surface area contributed by atoms with Crippen LogP contribution in [0.1, 0.15) is 21.6 Å². The lowest BCUT2D eigenvalue weighted by Gasteiger charge is -2.13. The number of hydrogen-bond acceptors (Lipinski definition) is 3. The molecule has 0 aliphatic heterocycles. The smallest absolute Gasteiger partial charge is 0.433 e. The van der Waals surface area contributed by atoms with Gasteiger partial charge in [0.2, 0.25) is 0 Å². The Morgan fingerprint density at radius 2 is 1.74 bits per heavy atom. The van der Waals surface area contributed by atoms with E-state index in [4.69, 9.17) is 16.7 Å². The molecule has 0 radical (unpaired) electrons. The van der Waals surface area contributed by atoms with Crippen LogP contribution in [0.15, 0.2) is 30.5 Å². The zero-order valence-corrected chi connectivity index (χ0v) is 13.5. The number of rotatable bonds is 2. The van der Waals surface area contributed by atoms with Crippen molar-refractivity contribution in [3.63, 3.8) is 0 Å². The number of carboxylic acid groups (broad SMARTS) is 1. The Morgan fingerprint density at radius 1 is 1.07 bits per heavy atom. The Balaban J connectivity index is 2.27. The lowest BCUT2D eigenvalue weighted by molar-refractivity contribution is -0.142. The van der Waals surface area contributed by atoms with E-state index < -0.39 is 51.5 Å². The zero-order valence-electron chi connectivity index (χ0n) is 12.7. The number of nitrogens with zero attached hydrogens (tertiary/aromatic N) is 3. The number of carboxylic acids is 1. The van der Waals surface area contributed by atoms with Crippen molar-refractivity contribution in [3.05, 3.63) is 52.3 Å². The third-order valence-corrected chi connectivity index (χ3v) is 3.88. The van der Waals surface area contributed by atoms with Crippen LogP contribution >= 0.6 is 11.6 Å². The van der Waals surface area contributed by atoms with Crippen LogP contribution in [0.3, 0.4) is 0 Å². The summed E-state index contributed by atoms with van der Waals surface area (Å²) in [5.74, 6) is -1.56. The summed E-state index contributed by atoms with van der Waals surface area (Å²) in [7, 11) is 0. The van der Waals surface area contributed by atoms with Gasteiger partial charge in [0.05, 0.1) is 22.5 Å². The maximum absolute atomic E-state index is 13.3. The van der Waals surface area contributed by atoms with Crippen LogP contribution in [0, 0.1) is 0 Å². The molecule has 142 valence electrons. The topological polar surface area (TPSA) is 67.5 Å². The Labute approximate surface area is 150 Å². The molecule has 1 aromatic carbocycles. The van der Waals surface area contributed by atoms with E-state index in [2.05, 4.69) is 10.1 Å². The van der Waals surface area contributed by atoms with Gasteiger partial charge in [-0.3, -0.25) is 0 Å². The SMILES string of the molecule is O=C(O)c1cnn2c(C(F)(F)F)cc(-c3ccc(C(F)(F)F)c(Cl)c3)nc12. The third kappa shape index (κ3) is 3.42. The fourth-order valence-electron chi connectivity index (χ4n) is 2.37. The molecule has 0 aliphatic carbocycles. The molecule has 3 aromatic rings. The molecule has 5 nitrogen and oxygen atoms in total. The minimum Gasteiger partial charge on any atom is -0.477 e. The number of fused-ring (bicyclic) bond motifs is 1. The van der Waals surface area contributed by atoms with E-state index in [1.165, 1.54) is 0 Å². The normalized spacial score (nSPS) is 12.6. The minimum absolute atomic E-state index is 0.154. The number of hydrogen-bond donors (Lipinski definition) is 1. The number of alkyl halides is 6. The second-order valence-electron chi connectivity index (χ2n) is 5.32. The van der Waals surface area contributed by atoms with Gasteiger partial charge in [0.1, 0.15) is 5.56 Å². The minimum atomic E-state index is -4.92. The van der Waals surface area contributed by atoms with Crippen molar-refractivity contribution >= 4 is 23.2 Å². The Hall–Kier alpha value is -2.82. The second kappa shape index (κ2) is 6.12. The maximum Gasteiger partial charge on any atom is 0.433 e. The van der Waals surface area contributed by atoms with Crippen LogP contribution in [0.2, 0.25) is 5.02 Å². The maximum atomic E-state index is 13.3. The summed E-state index contributed by atoms with van der Waals surface area (Å²) < 4.78 is 78.6. The zero-order chi connectivity index (χ0) is 20.1. The highest BCUT2D eigenvalue weighted by molar-refractivity contribution is 6.31. The van der Waals surface area contributed by atoms with Crippen molar-refractivity contribution in [2.75, 3.05) is 0 Å². The average molecular weight is 410 g/mol. The van der Waals surface area contributed by atoms with Gasteiger partial charge < -0.3 is 5.11 Å². The molecule has 0 unspecified atom stereocenters. The Morgan fingerprint density at radius 3 is 2.26 bits per heavy atom. The number of benzene rings is 1. The van der Waals surface area contributed by atoms with Gasteiger partial charge >= 0.3 is 18.3 Å². The van der Waals surface area contributed by atoms with E-state index in [-0.39, 0.29) is 5.56 Å². The average Bonchev–Trinajstić information content (AvgIpc) is 2.95. The van der Waals surface area contributed by atoms with Gasteiger partial charge in [0, 0.05) is 5.56 Å². The molecule has 2 heterocycles. The van der Waals surface area contributed by atoms with Crippen molar-refractivity contribution < 1.29 is 36.2 Å². The van der Waals surface area contributed by atoms with Gasteiger partial charge in [-0.1, -0.05) is 17.7 Å². The summed E-state index contributed by atoms with van der Waals surface area (Å²) in [6, 6.07) is 2.85.